The van der Waals surface area contributed by atoms with E-state index in [4.69, 9.17) is 15.9 Å². The average Bonchev–Trinajstić information content (AvgIpc) is 2.15. The molecule has 0 aromatic rings. The Bertz CT molecular complexity index is 241. The summed E-state index contributed by atoms with van der Waals surface area (Å²) in [4.78, 5) is 22.0. The van der Waals surface area contributed by atoms with Crippen molar-refractivity contribution in [1.82, 2.24) is 5.32 Å². The van der Waals surface area contributed by atoms with Crippen LogP contribution < -0.4 is 11.1 Å². The molecule has 0 saturated carbocycles. The molecule has 1 amide bonds. The molecule has 0 aromatic heterocycles. The minimum absolute atomic E-state index is 0.0538. The molecule has 0 spiro atoms. The molecular formula is C9H17N3O3. The zero-order valence-corrected chi connectivity index (χ0v) is 8.84. The highest BCUT2D eigenvalue weighted by molar-refractivity contribution is 5.85. The Kier molecular flexibility index (Phi) is 6.96. The lowest BCUT2D eigenvalue weighted by Crippen LogP contribution is -2.32. The van der Waals surface area contributed by atoms with E-state index in [2.05, 4.69) is 5.32 Å². The van der Waals surface area contributed by atoms with Crippen molar-refractivity contribution in [1.29, 1.82) is 5.41 Å². The molecule has 15 heavy (non-hydrogen) atoms. The van der Waals surface area contributed by atoms with Gasteiger partial charge in [0, 0.05) is 12.8 Å². The van der Waals surface area contributed by atoms with Gasteiger partial charge in [0.2, 0.25) is 5.91 Å². The second-order valence-electron chi connectivity index (χ2n) is 2.96. The van der Waals surface area contributed by atoms with Gasteiger partial charge in [-0.25, -0.2) is 0 Å². The molecule has 0 atom stereocenters. The van der Waals surface area contributed by atoms with Gasteiger partial charge in [-0.05, 0) is 13.3 Å². The third kappa shape index (κ3) is 8.73. The van der Waals surface area contributed by atoms with Gasteiger partial charge in [-0.1, -0.05) is 0 Å². The Morgan fingerprint density at radius 1 is 1.40 bits per heavy atom. The predicted molar refractivity (Wildman–Crippen MR) is 55.4 cm³/mol. The molecule has 6 nitrogen and oxygen atoms in total. The molecule has 0 aliphatic carbocycles. The summed E-state index contributed by atoms with van der Waals surface area (Å²) in [6.45, 7) is 2.14. The third-order valence-electron chi connectivity index (χ3n) is 1.57. The lowest BCUT2D eigenvalue weighted by Gasteiger charge is -2.03. The van der Waals surface area contributed by atoms with Crippen LogP contribution in [0.1, 0.15) is 26.2 Å². The normalized spacial score (nSPS) is 9.40. The first kappa shape index (κ1) is 13.4. The summed E-state index contributed by atoms with van der Waals surface area (Å²) in [5, 5.41) is 9.32. The highest BCUT2D eigenvalue weighted by Gasteiger charge is 2.05. The molecule has 0 saturated heterocycles. The van der Waals surface area contributed by atoms with Gasteiger partial charge in [0.1, 0.15) is 5.84 Å². The number of amidine groups is 1. The van der Waals surface area contributed by atoms with E-state index >= 15 is 0 Å². The first-order valence-electron chi connectivity index (χ1n) is 4.81. The van der Waals surface area contributed by atoms with Crippen molar-refractivity contribution in [3.05, 3.63) is 0 Å². The van der Waals surface area contributed by atoms with E-state index in [9.17, 15) is 9.59 Å². The van der Waals surface area contributed by atoms with Crippen LogP contribution in [0.4, 0.5) is 0 Å². The van der Waals surface area contributed by atoms with Crippen LogP contribution in [0.3, 0.4) is 0 Å². The van der Waals surface area contributed by atoms with Crippen molar-refractivity contribution in [2.24, 2.45) is 5.73 Å². The monoisotopic (exact) mass is 215 g/mol. The Hall–Kier alpha value is -1.59. The highest BCUT2D eigenvalue weighted by atomic mass is 16.5. The molecule has 0 aromatic carbocycles. The van der Waals surface area contributed by atoms with Crippen molar-refractivity contribution >= 4 is 17.7 Å². The number of nitrogens with two attached hydrogens (primary N) is 1. The van der Waals surface area contributed by atoms with Gasteiger partial charge in [-0.15, -0.1) is 0 Å². The number of hydrogen-bond donors (Lipinski definition) is 3. The van der Waals surface area contributed by atoms with Gasteiger partial charge < -0.3 is 15.8 Å². The zero-order chi connectivity index (χ0) is 11.7. The van der Waals surface area contributed by atoms with Crippen LogP contribution in [0.25, 0.3) is 0 Å². The van der Waals surface area contributed by atoms with Crippen molar-refractivity contribution in [2.45, 2.75) is 26.2 Å². The first-order chi connectivity index (χ1) is 7.06. The fourth-order valence-electron chi connectivity index (χ4n) is 0.909. The SMILES string of the molecule is CCOC(=O)CCCC(=O)NCC(=N)N. The van der Waals surface area contributed by atoms with Crippen LogP contribution in [-0.4, -0.2) is 30.9 Å². The number of amides is 1. The molecule has 0 fully saturated rings. The molecule has 4 N–H and O–H groups in total. The van der Waals surface area contributed by atoms with Gasteiger partial charge >= 0.3 is 5.97 Å². The van der Waals surface area contributed by atoms with E-state index in [1.807, 2.05) is 0 Å². The fraction of sp³-hybridized carbons (Fsp3) is 0.667. The Labute approximate surface area is 88.7 Å². The molecule has 0 aliphatic heterocycles. The summed E-state index contributed by atoms with van der Waals surface area (Å²) in [6.07, 6.45) is 0.927. The van der Waals surface area contributed by atoms with Gasteiger partial charge in [0.15, 0.2) is 0 Å². The van der Waals surface area contributed by atoms with E-state index in [0.29, 0.717) is 13.0 Å². The Morgan fingerprint density at radius 3 is 2.60 bits per heavy atom. The van der Waals surface area contributed by atoms with Crippen molar-refractivity contribution in [3.63, 3.8) is 0 Å². The molecule has 0 aliphatic rings. The standard InChI is InChI=1S/C9H17N3O3/c1-2-15-9(14)5-3-4-8(13)12-6-7(10)11/h2-6H2,1H3,(H3,10,11)(H,12,13). The number of nitrogens with one attached hydrogen (secondary N) is 2. The summed E-state index contributed by atoms with van der Waals surface area (Å²) in [7, 11) is 0. The lowest BCUT2D eigenvalue weighted by molar-refractivity contribution is -0.143. The minimum atomic E-state index is -0.295. The maximum atomic E-state index is 11.1. The number of ether oxygens (including phenoxy) is 1. The maximum Gasteiger partial charge on any atom is 0.305 e. The van der Waals surface area contributed by atoms with Gasteiger partial charge in [-0.3, -0.25) is 15.0 Å². The second kappa shape index (κ2) is 7.78. The van der Waals surface area contributed by atoms with E-state index < -0.39 is 0 Å². The molecule has 6 heteroatoms. The van der Waals surface area contributed by atoms with Gasteiger partial charge in [-0.2, -0.15) is 0 Å². The topological polar surface area (TPSA) is 105 Å². The molecule has 0 radical (unpaired) electrons. The third-order valence-corrected chi connectivity index (χ3v) is 1.57. The van der Waals surface area contributed by atoms with Crippen LogP contribution in [0.2, 0.25) is 0 Å². The van der Waals surface area contributed by atoms with E-state index in [1.54, 1.807) is 6.92 Å². The van der Waals surface area contributed by atoms with Crippen molar-refractivity contribution in [2.75, 3.05) is 13.2 Å². The Balaban J connectivity index is 3.46. The predicted octanol–water partition coefficient (Wildman–Crippen LogP) is -0.228. The summed E-state index contributed by atoms with van der Waals surface area (Å²) in [6, 6.07) is 0. The summed E-state index contributed by atoms with van der Waals surface area (Å²) < 4.78 is 4.70. The quantitative estimate of drug-likeness (QED) is 0.310. The van der Waals surface area contributed by atoms with Crippen LogP contribution in [0.15, 0.2) is 0 Å². The minimum Gasteiger partial charge on any atom is -0.466 e. The lowest BCUT2D eigenvalue weighted by atomic mass is 10.2. The fourth-order valence-corrected chi connectivity index (χ4v) is 0.909. The molecule has 0 rings (SSSR count). The second-order valence-corrected chi connectivity index (χ2v) is 2.96. The molecule has 0 heterocycles. The average molecular weight is 215 g/mol. The Morgan fingerprint density at radius 2 is 2.07 bits per heavy atom. The zero-order valence-electron chi connectivity index (χ0n) is 8.84. The summed E-state index contributed by atoms with van der Waals surface area (Å²) in [5.74, 6) is -0.597. The van der Waals surface area contributed by atoms with Crippen LogP contribution in [-0.2, 0) is 14.3 Å². The smallest absolute Gasteiger partial charge is 0.305 e. The number of carbonyl (C=O) groups excluding carboxylic acids is 2. The summed E-state index contributed by atoms with van der Waals surface area (Å²) >= 11 is 0. The van der Waals surface area contributed by atoms with Gasteiger partial charge in [0.05, 0.1) is 13.2 Å². The van der Waals surface area contributed by atoms with E-state index in [0.717, 1.165) is 0 Å². The molecule has 0 unspecified atom stereocenters. The van der Waals surface area contributed by atoms with Crippen molar-refractivity contribution in [3.8, 4) is 0 Å². The molecule has 0 bridgehead atoms. The molecule has 86 valence electrons. The largest absolute Gasteiger partial charge is 0.466 e. The number of hydrogen-bond acceptors (Lipinski definition) is 4. The number of esters is 1. The number of carbonyl (C=O) groups is 2. The highest BCUT2D eigenvalue weighted by Crippen LogP contribution is 1.97. The van der Waals surface area contributed by atoms with Crippen molar-refractivity contribution < 1.29 is 14.3 Å². The van der Waals surface area contributed by atoms with E-state index in [-0.39, 0.29) is 37.1 Å². The van der Waals surface area contributed by atoms with Crippen LogP contribution in [0.5, 0.6) is 0 Å². The van der Waals surface area contributed by atoms with Gasteiger partial charge in [0.25, 0.3) is 0 Å². The molecular weight excluding hydrogens is 198 g/mol. The van der Waals surface area contributed by atoms with Crippen LogP contribution >= 0.6 is 0 Å². The van der Waals surface area contributed by atoms with E-state index in [1.165, 1.54) is 0 Å². The maximum absolute atomic E-state index is 11.1. The first-order valence-corrected chi connectivity index (χ1v) is 4.81. The summed E-state index contributed by atoms with van der Waals surface area (Å²) in [5.41, 5.74) is 5.05. The number of rotatable bonds is 7. The van der Waals surface area contributed by atoms with Crippen LogP contribution in [0, 0.1) is 5.41 Å².